The molecule has 2 N–H and O–H groups in total. The molecule has 0 radical (unpaired) electrons. The minimum absolute atomic E-state index is 0.0883. The summed E-state index contributed by atoms with van der Waals surface area (Å²) >= 11 is 1.32. The van der Waals surface area contributed by atoms with Gasteiger partial charge in [-0.3, -0.25) is 14.7 Å². The van der Waals surface area contributed by atoms with Gasteiger partial charge in [0, 0.05) is 42.9 Å². The molecule has 0 unspecified atom stereocenters. The minimum atomic E-state index is -1.31. The van der Waals surface area contributed by atoms with Gasteiger partial charge in [0.05, 0.1) is 17.0 Å². The fraction of sp³-hybridized carbons (Fsp3) is 0.105. The van der Waals surface area contributed by atoms with E-state index in [9.17, 15) is 22.8 Å². The van der Waals surface area contributed by atoms with E-state index in [1.54, 1.807) is 12.3 Å². The number of H-pyrrole nitrogens is 2. The van der Waals surface area contributed by atoms with E-state index < -0.39 is 28.8 Å². The van der Waals surface area contributed by atoms with Gasteiger partial charge in [0.2, 0.25) is 0 Å². The Morgan fingerprint density at radius 1 is 1.07 bits per heavy atom. The maximum atomic E-state index is 13.8. The fourth-order valence-electron chi connectivity index (χ4n) is 2.78. The third kappa shape index (κ3) is 3.92. The molecule has 4 aromatic rings. The number of ketones is 2. The van der Waals surface area contributed by atoms with Crippen LogP contribution in [0, 0.1) is 17.5 Å². The number of carbonyl (C=O) groups is 2. The molecular formula is C19H12F3N5O2S. The number of aryl methyl sites for hydroxylation is 1. The number of aromatic amines is 2. The number of nitrogens with zero attached hydrogens (tertiary/aromatic N) is 3. The summed E-state index contributed by atoms with van der Waals surface area (Å²) in [6.45, 7) is 0. The quantitative estimate of drug-likeness (QED) is 0.434. The fourth-order valence-corrected chi connectivity index (χ4v) is 3.60. The van der Waals surface area contributed by atoms with E-state index in [2.05, 4.69) is 25.4 Å². The molecule has 30 heavy (non-hydrogen) atoms. The number of hydrogen-bond donors (Lipinski definition) is 2. The second-order valence-electron chi connectivity index (χ2n) is 6.27. The van der Waals surface area contributed by atoms with Crippen LogP contribution in [0.4, 0.5) is 13.2 Å². The van der Waals surface area contributed by atoms with Crippen molar-refractivity contribution < 1.29 is 22.8 Å². The van der Waals surface area contributed by atoms with Crippen LogP contribution in [-0.2, 0) is 6.42 Å². The number of aromatic nitrogens is 5. The smallest absolute Gasteiger partial charge is 0.200 e. The van der Waals surface area contributed by atoms with Crippen LogP contribution in [0.5, 0.6) is 0 Å². The number of Topliss-reactive ketones (excluding diaryl/α,β-unsaturated/α-hetero) is 1. The van der Waals surface area contributed by atoms with Gasteiger partial charge in [-0.2, -0.15) is 5.10 Å². The van der Waals surface area contributed by atoms with Crippen molar-refractivity contribution in [3.8, 4) is 10.7 Å². The Labute approximate surface area is 171 Å². The van der Waals surface area contributed by atoms with Gasteiger partial charge in [0.1, 0.15) is 22.5 Å². The van der Waals surface area contributed by atoms with Crippen molar-refractivity contribution >= 4 is 22.9 Å². The van der Waals surface area contributed by atoms with E-state index in [1.807, 2.05) is 0 Å². The van der Waals surface area contributed by atoms with Gasteiger partial charge >= 0.3 is 0 Å². The van der Waals surface area contributed by atoms with Gasteiger partial charge in [0.25, 0.3) is 0 Å². The van der Waals surface area contributed by atoms with Crippen LogP contribution in [0.2, 0.25) is 0 Å². The predicted molar refractivity (Wildman–Crippen MR) is 101 cm³/mol. The van der Waals surface area contributed by atoms with E-state index in [4.69, 9.17) is 0 Å². The topological polar surface area (TPSA) is 104 Å². The summed E-state index contributed by atoms with van der Waals surface area (Å²) in [4.78, 5) is 27.4. The molecule has 0 atom stereocenters. The van der Waals surface area contributed by atoms with Crippen LogP contribution < -0.4 is 0 Å². The molecule has 1 aromatic carbocycles. The maximum Gasteiger partial charge on any atom is 0.200 e. The zero-order chi connectivity index (χ0) is 21.3. The summed E-state index contributed by atoms with van der Waals surface area (Å²) in [5, 5.41) is 16.0. The van der Waals surface area contributed by atoms with Crippen molar-refractivity contribution in [2.45, 2.75) is 12.8 Å². The normalized spacial score (nSPS) is 11.0. The number of hydrogen-bond acceptors (Lipinski definition) is 6. The molecule has 152 valence electrons. The van der Waals surface area contributed by atoms with Crippen LogP contribution >= 0.6 is 11.3 Å². The van der Waals surface area contributed by atoms with Crippen LogP contribution in [-0.4, -0.2) is 36.9 Å². The van der Waals surface area contributed by atoms with Crippen molar-refractivity contribution in [2.75, 3.05) is 0 Å². The molecule has 7 nitrogen and oxygen atoms in total. The van der Waals surface area contributed by atoms with E-state index in [0.29, 0.717) is 28.6 Å². The Kier molecular flexibility index (Phi) is 5.27. The predicted octanol–water partition coefficient (Wildman–Crippen LogP) is 3.72. The standard InChI is InChI=1S/C19H12F3N5O2S/c20-10-6-11(21)17(12(22)7-10)18(29)9-5-14(23-8-9)15(28)1-2-16-26-27-19(30-16)13-3-4-24-25-13/h3-8,23H,1-2H2,(H,24,25). The number of benzene rings is 1. The highest BCUT2D eigenvalue weighted by Gasteiger charge is 2.22. The van der Waals surface area contributed by atoms with Crippen molar-refractivity contribution in [3.05, 3.63) is 75.9 Å². The van der Waals surface area contributed by atoms with Gasteiger partial charge in [-0.1, -0.05) is 11.3 Å². The lowest BCUT2D eigenvalue weighted by atomic mass is 10.0. The Morgan fingerprint density at radius 3 is 2.53 bits per heavy atom. The average Bonchev–Trinajstić information content (AvgIpc) is 3.46. The first-order valence-electron chi connectivity index (χ1n) is 8.65. The number of nitrogens with one attached hydrogen (secondary N) is 2. The van der Waals surface area contributed by atoms with E-state index in [-0.39, 0.29) is 23.5 Å². The van der Waals surface area contributed by atoms with Crippen LogP contribution in [0.1, 0.15) is 37.8 Å². The number of carbonyl (C=O) groups excluding carboxylic acids is 2. The molecule has 0 aliphatic rings. The van der Waals surface area contributed by atoms with Crippen molar-refractivity contribution in [2.24, 2.45) is 0 Å². The third-order valence-corrected chi connectivity index (χ3v) is 5.26. The summed E-state index contributed by atoms with van der Waals surface area (Å²) < 4.78 is 40.7. The molecule has 0 saturated carbocycles. The molecule has 0 aliphatic heterocycles. The van der Waals surface area contributed by atoms with Gasteiger partial charge in [-0.05, 0) is 12.1 Å². The molecule has 3 aromatic heterocycles. The van der Waals surface area contributed by atoms with Crippen LogP contribution in [0.25, 0.3) is 10.7 Å². The Morgan fingerprint density at radius 2 is 1.83 bits per heavy atom. The second kappa shape index (κ2) is 8.03. The maximum absolute atomic E-state index is 13.8. The highest BCUT2D eigenvalue weighted by molar-refractivity contribution is 7.14. The van der Waals surface area contributed by atoms with Crippen LogP contribution in [0.3, 0.4) is 0 Å². The van der Waals surface area contributed by atoms with Gasteiger partial charge < -0.3 is 4.98 Å². The van der Waals surface area contributed by atoms with Crippen molar-refractivity contribution in [3.63, 3.8) is 0 Å². The van der Waals surface area contributed by atoms with Gasteiger partial charge in [0.15, 0.2) is 16.6 Å². The highest BCUT2D eigenvalue weighted by Crippen LogP contribution is 2.23. The summed E-state index contributed by atoms with van der Waals surface area (Å²) in [6, 6.07) is 3.81. The first kappa shape index (κ1) is 19.7. The molecule has 0 bridgehead atoms. The lowest BCUT2D eigenvalue weighted by Crippen LogP contribution is -2.07. The summed E-state index contributed by atoms with van der Waals surface area (Å²) in [5.74, 6) is -5.05. The lowest BCUT2D eigenvalue weighted by molar-refractivity contribution is 0.0978. The number of rotatable bonds is 7. The Hall–Kier alpha value is -3.60. The summed E-state index contributed by atoms with van der Waals surface area (Å²) in [7, 11) is 0. The molecule has 0 saturated heterocycles. The molecule has 4 rings (SSSR count). The monoisotopic (exact) mass is 431 g/mol. The second-order valence-corrected chi connectivity index (χ2v) is 7.33. The average molecular weight is 431 g/mol. The third-order valence-electron chi connectivity index (χ3n) is 4.24. The molecular weight excluding hydrogens is 419 g/mol. The summed E-state index contributed by atoms with van der Waals surface area (Å²) in [5.41, 5.74) is -0.160. The Bertz CT molecular complexity index is 1210. The molecule has 11 heteroatoms. The Balaban J connectivity index is 1.44. The van der Waals surface area contributed by atoms with Crippen molar-refractivity contribution in [1.82, 2.24) is 25.4 Å². The largest absolute Gasteiger partial charge is 0.358 e. The summed E-state index contributed by atoms with van der Waals surface area (Å²) in [6.07, 6.45) is 3.19. The SMILES string of the molecule is O=C(CCc1nnc(-c2ccn[nH]2)s1)c1cc(C(=O)c2c(F)cc(F)cc2F)c[nH]1. The van der Waals surface area contributed by atoms with Crippen molar-refractivity contribution in [1.29, 1.82) is 0 Å². The first-order chi connectivity index (χ1) is 14.4. The van der Waals surface area contributed by atoms with E-state index >= 15 is 0 Å². The van der Waals surface area contributed by atoms with Gasteiger partial charge in [-0.25, -0.2) is 13.2 Å². The van der Waals surface area contributed by atoms with Crippen LogP contribution in [0.15, 0.2) is 36.7 Å². The number of halogens is 3. The van der Waals surface area contributed by atoms with E-state index in [0.717, 1.165) is 5.69 Å². The molecule has 0 fully saturated rings. The molecule has 3 heterocycles. The zero-order valence-corrected chi connectivity index (χ0v) is 15.9. The lowest BCUT2D eigenvalue weighted by Gasteiger charge is -2.02. The molecule has 0 amide bonds. The molecule has 0 spiro atoms. The zero-order valence-electron chi connectivity index (χ0n) is 15.1. The first-order valence-corrected chi connectivity index (χ1v) is 9.47. The van der Waals surface area contributed by atoms with Gasteiger partial charge in [-0.15, -0.1) is 10.2 Å². The molecule has 0 aliphatic carbocycles. The highest BCUT2D eigenvalue weighted by atomic mass is 32.1. The minimum Gasteiger partial charge on any atom is -0.358 e. The van der Waals surface area contributed by atoms with E-state index in [1.165, 1.54) is 23.6 Å².